The van der Waals surface area contributed by atoms with Crippen LogP contribution in [0.4, 0.5) is 0 Å². The summed E-state index contributed by atoms with van der Waals surface area (Å²) in [4.78, 5) is 0.163. The summed E-state index contributed by atoms with van der Waals surface area (Å²) in [6, 6.07) is 14.2. The number of methoxy groups -OCH3 is 1. The standard InChI is InChI=1S/C19H22ClNO4S/c1-14-13-25-16(10-15-6-4-3-5-7-15)12-21(14)26(22,23)17-8-9-19(24-2)18(20)11-17/h3-9,11,14,16H,10,12-13H2,1-2H3. The highest BCUT2D eigenvalue weighted by atomic mass is 35.5. The van der Waals surface area contributed by atoms with Crippen molar-refractivity contribution in [3.63, 3.8) is 0 Å². The topological polar surface area (TPSA) is 55.8 Å². The van der Waals surface area contributed by atoms with E-state index in [0.717, 1.165) is 5.56 Å². The van der Waals surface area contributed by atoms with Crippen LogP contribution in [-0.2, 0) is 21.2 Å². The van der Waals surface area contributed by atoms with E-state index < -0.39 is 10.0 Å². The largest absolute Gasteiger partial charge is 0.495 e. The number of sulfonamides is 1. The van der Waals surface area contributed by atoms with Crippen LogP contribution in [-0.4, -0.2) is 45.1 Å². The molecule has 2 aromatic rings. The molecule has 0 N–H and O–H groups in total. The lowest BCUT2D eigenvalue weighted by molar-refractivity contribution is -0.0265. The minimum atomic E-state index is -3.67. The van der Waals surface area contributed by atoms with E-state index in [1.165, 1.54) is 23.5 Å². The Kier molecular flexibility index (Phi) is 5.87. The molecule has 2 aromatic carbocycles. The number of hydrogen-bond acceptors (Lipinski definition) is 4. The molecule has 26 heavy (non-hydrogen) atoms. The predicted octanol–water partition coefficient (Wildman–Crippen LogP) is 3.37. The fourth-order valence-electron chi connectivity index (χ4n) is 3.07. The third-order valence-corrected chi connectivity index (χ3v) is 6.76. The molecule has 5 nitrogen and oxygen atoms in total. The summed E-state index contributed by atoms with van der Waals surface area (Å²) in [6.45, 7) is 2.52. The maximum atomic E-state index is 13.1. The van der Waals surface area contributed by atoms with Crippen molar-refractivity contribution in [1.29, 1.82) is 0 Å². The highest BCUT2D eigenvalue weighted by molar-refractivity contribution is 7.89. The van der Waals surface area contributed by atoms with Crippen LogP contribution in [0.1, 0.15) is 12.5 Å². The minimum Gasteiger partial charge on any atom is -0.495 e. The van der Waals surface area contributed by atoms with Crippen LogP contribution in [0, 0.1) is 0 Å². The van der Waals surface area contributed by atoms with E-state index in [1.807, 2.05) is 37.3 Å². The first-order valence-electron chi connectivity index (χ1n) is 8.42. The van der Waals surface area contributed by atoms with Gasteiger partial charge in [-0.05, 0) is 37.1 Å². The van der Waals surface area contributed by atoms with Gasteiger partial charge < -0.3 is 9.47 Å². The minimum absolute atomic E-state index is 0.163. The summed E-state index contributed by atoms with van der Waals surface area (Å²) in [5.74, 6) is 0.447. The Morgan fingerprint density at radius 1 is 1.23 bits per heavy atom. The Balaban J connectivity index is 1.82. The van der Waals surface area contributed by atoms with Gasteiger partial charge in [-0.15, -0.1) is 0 Å². The second kappa shape index (κ2) is 7.96. The molecule has 0 bridgehead atoms. The zero-order valence-electron chi connectivity index (χ0n) is 14.8. The Hall–Kier alpha value is -1.60. The molecule has 0 amide bonds. The summed E-state index contributed by atoms with van der Waals surface area (Å²) >= 11 is 6.11. The van der Waals surface area contributed by atoms with Gasteiger partial charge in [0.15, 0.2) is 0 Å². The van der Waals surface area contributed by atoms with Gasteiger partial charge in [-0.3, -0.25) is 0 Å². The number of hydrogen-bond donors (Lipinski definition) is 0. The molecule has 140 valence electrons. The van der Waals surface area contributed by atoms with Crippen molar-refractivity contribution < 1.29 is 17.9 Å². The van der Waals surface area contributed by atoms with E-state index >= 15 is 0 Å². The molecule has 0 radical (unpaired) electrons. The Bertz CT molecular complexity index is 857. The Morgan fingerprint density at radius 2 is 1.96 bits per heavy atom. The fourth-order valence-corrected chi connectivity index (χ4v) is 5.07. The van der Waals surface area contributed by atoms with Crippen LogP contribution >= 0.6 is 11.6 Å². The van der Waals surface area contributed by atoms with Crippen molar-refractivity contribution in [2.75, 3.05) is 20.3 Å². The average Bonchev–Trinajstić information content (AvgIpc) is 2.64. The van der Waals surface area contributed by atoms with Crippen molar-refractivity contribution >= 4 is 21.6 Å². The second-order valence-electron chi connectivity index (χ2n) is 6.37. The van der Waals surface area contributed by atoms with Gasteiger partial charge in [0, 0.05) is 12.6 Å². The summed E-state index contributed by atoms with van der Waals surface area (Å²) in [6.07, 6.45) is 0.486. The molecule has 1 saturated heterocycles. The summed E-state index contributed by atoms with van der Waals surface area (Å²) in [5.41, 5.74) is 1.12. The van der Waals surface area contributed by atoms with Gasteiger partial charge in [-0.25, -0.2) is 8.42 Å². The molecular weight excluding hydrogens is 374 g/mol. The van der Waals surface area contributed by atoms with Crippen molar-refractivity contribution in [1.82, 2.24) is 4.31 Å². The molecule has 1 fully saturated rings. The summed E-state index contributed by atoms with van der Waals surface area (Å²) < 4.78 is 38.7. The monoisotopic (exact) mass is 395 g/mol. The van der Waals surface area contributed by atoms with E-state index in [0.29, 0.717) is 25.3 Å². The van der Waals surface area contributed by atoms with Gasteiger partial charge in [0.05, 0.1) is 29.7 Å². The van der Waals surface area contributed by atoms with E-state index in [1.54, 1.807) is 6.07 Å². The van der Waals surface area contributed by atoms with Gasteiger partial charge in [0.2, 0.25) is 10.0 Å². The summed E-state index contributed by atoms with van der Waals surface area (Å²) in [7, 11) is -2.18. The number of rotatable bonds is 5. The zero-order valence-corrected chi connectivity index (χ0v) is 16.3. The van der Waals surface area contributed by atoms with Crippen molar-refractivity contribution in [3.8, 4) is 5.75 Å². The molecular formula is C19H22ClNO4S. The Labute approximate surface area is 159 Å². The third-order valence-electron chi connectivity index (χ3n) is 4.48. The van der Waals surface area contributed by atoms with Crippen molar-refractivity contribution in [2.24, 2.45) is 0 Å². The average molecular weight is 396 g/mol. The SMILES string of the molecule is COc1ccc(S(=O)(=O)N2CC(Cc3ccccc3)OCC2C)cc1Cl. The maximum absolute atomic E-state index is 13.1. The predicted molar refractivity (Wildman–Crippen MR) is 101 cm³/mol. The van der Waals surface area contributed by atoms with Crippen LogP contribution < -0.4 is 4.74 Å². The number of nitrogens with zero attached hydrogens (tertiary/aromatic N) is 1. The Morgan fingerprint density at radius 3 is 2.62 bits per heavy atom. The van der Waals surface area contributed by atoms with Gasteiger partial charge >= 0.3 is 0 Å². The van der Waals surface area contributed by atoms with E-state index in [-0.39, 0.29) is 22.1 Å². The highest BCUT2D eigenvalue weighted by Crippen LogP contribution is 2.30. The van der Waals surface area contributed by atoms with Gasteiger partial charge in [0.25, 0.3) is 0 Å². The van der Waals surface area contributed by atoms with Crippen molar-refractivity contribution in [3.05, 3.63) is 59.1 Å². The molecule has 0 saturated carbocycles. The molecule has 0 aliphatic carbocycles. The molecule has 0 spiro atoms. The van der Waals surface area contributed by atoms with Crippen LogP contribution in [0.2, 0.25) is 5.02 Å². The fraction of sp³-hybridized carbons (Fsp3) is 0.368. The van der Waals surface area contributed by atoms with Gasteiger partial charge in [-0.1, -0.05) is 41.9 Å². The third kappa shape index (κ3) is 4.04. The molecule has 3 rings (SSSR count). The number of halogens is 1. The first-order chi connectivity index (χ1) is 12.4. The highest BCUT2D eigenvalue weighted by Gasteiger charge is 2.35. The number of benzene rings is 2. The molecule has 2 atom stereocenters. The van der Waals surface area contributed by atoms with Crippen molar-refractivity contribution in [2.45, 2.75) is 30.4 Å². The number of morpholine rings is 1. The lowest BCUT2D eigenvalue weighted by Gasteiger charge is -2.37. The smallest absolute Gasteiger partial charge is 0.243 e. The van der Waals surface area contributed by atoms with Crippen LogP contribution in [0.25, 0.3) is 0 Å². The van der Waals surface area contributed by atoms with E-state index in [9.17, 15) is 8.42 Å². The van der Waals surface area contributed by atoms with Crippen LogP contribution in [0.5, 0.6) is 5.75 Å². The molecule has 7 heteroatoms. The quantitative estimate of drug-likeness (QED) is 0.778. The second-order valence-corrected chi connectivity index (χ2v) is 8.66. The van der Waals surface area contributed by atoms with Crippen LogP contribution in [0.3, 0.4) is 0 Å². The lowest BCUT2D eigenvalue weighted by atomic mass is 10.1. The molecule has 1 aliphatic heterocycles. The maximum Gasteiger partial charge on any atom is 0.243 e. The molecule has 2 unspecified atom stereocenters. The zero-order chi connectivity index (χ0) is 18.7. The number of ether oxygens (including phenoxy) is 2. The van der Waals surface area contributed by atoms with Gasteiger partial charge in [0.1, 0.15) is 5.75 Å². The van der Waals surface area contributed by atoms with E-state index in [2.05, 4.69) is 0 Å². The van der Waals surface area contributed by atoms with Gasteiger partial charge in [-0.2, -0.15) is 4.31 Å². The van der Waals surface area contributed by atoms with E-state index in [4.69, 9.17) is 21.1 Å². The summed E-state index contributed by atoms with van der Waals surface area (Å²) in [5, 5.41) is 0.273. The molecule has 1 heterocycles. The molecule has 0 aromatic heterocycles. The first-order valence-corrected chi connectivity index (χ1v) is 10.2. The lowest BCUT2D eigenvalue weighted by Crippen LogP contribution is -2.51. The normalized spacial score (nSPS) is 21.5. The first kappa shape index (κ1) is 19.2. The van der Waals surface area contributed by atoms with Crippen LogP contribution in [0.15, 0.2) is 53.4 Å². The molecule has 1 aliphatic rings.